The molecule has 0 fully saturated rings. The third-order valence-electron chi connectivity index (χ3n) is 11.6. The van der Waals surface area contributed by atoms with Crippen molar-refractivity contribution in [3.8, 4) is 11.8 Å². The minimum Gasteiger partial charge on any atom is -0.366 e. The Morgan fingerprint density at radius 3 is 0.937 bits per heavy atom. The molecule has 316 valence electrons. The molecule has 0 aliphatic rings. The van der Waals surface area contributed by atoms with E-state index >= 15 is 0 Å². The van der Waals surface area contributed by atoms with Gasteiger partial charge in [-0.2, -0.15) is 0 Å². The smallest absolute Gasteiger partial charge is 0.366 e. The fourth-order valence-electron chi connectivity index (χ4n) is 8.80. The SMILES string of the molecule is CC(C)([PH+](c1ccccc1)c1ccccc1)[PH+](c1ccccc1)c1ccccc1.[Au+].[Au+].[C-]#Cc1ccc2c3ccccc3n(C)c2c1.[C-]#Cc1ccc2c3ccccc3n(C)c2c1. The van der Waals surface area contributed by atoms with E-state index in [1.807, 2.05) is 36.4 Å². The van der Waals surface area contributed by atoms with Crippen LogP contribution in [0.1, 0.15) is 25.0 Å². The molecule has 0 aliphatic carbocycles. The van der Waals surface area contributed by atoms with Gasteiger partial charge in [-0.1, -0.05) is 121 Å². The van der Waals surface area contributed by atoms with Gasteiger partial charge >= 0.3 is 44.8 Å². The van der Waals surface area contributed by atoms with E-state index in [0.29, 0.717) is 0 Å². The van der Waals surface area contributed by atoms with Gasteiger partial charge in [0, 0.05) is 71.6 Å². The van der Waals surface area contributed by atoms with Crippen molar-refractivity contribution in [1.82, 2.24) is 9.13 Å². The van der Waals surface area contributed by atoms with Gasteiger partial charge in [-0.25, -0.2) is 0 Å². The van der Waals surface area contributed by atoms with Crippen LogP contribution in [0.3, 0.4) is 0 Å². The van der Waals surface area contributed by atoms with Gasteiger partial charge in [0.15, 0.2) is 4.90 Å². The molecule has 2 nitrogen and oxygen atoms in total. The molecule has 0 amide bonds. The average Bonchev–Trinajstić information content (AvgIpc) is 3.77. The first-order valence-electron chi connectivity index (χ1n) is 20.6. The monoisotopic (exact) mass is 1220 g/mol. The zero-order valence-electron chi connectivity index (χ0n) is 35.6. The van der Waals surface area contributed by atoms with Gasteiger partial charge in [0.25, 0.3) is 0 Å². The van der Waals surface area contributed by atoms with Crippen molar-refractivity contribution in [3.05, 3.63) is 230 Å². The predicted octanol–water partition coefficient (Wildman–Crippen LogP) is 12.0. The summed E-state index contributed by atoms with van der Waals surface area (Å²) in [4.78, 5) is 0.154. The second-order valence-corrected chi connectivity index (χ2v) is 22.5. The Balaban J connectivity index is 0.000000166. The van der Waals surface area contributed by atoms with Crippen molar-refractivity contribution in [2.75, 3.05) is 0 Å². The largest absolute Gasteiger partial charge is 1.00 e. The van der Waals surface area contributed by atoms with Crippen LogP contribution in [-0.4, -0.2) is 14.0 Å². The van der Waals surface area contributed by atoms with Crippen LogP contribution in [0.25, 0.3) is 43.6 Å². The second-order valence-electron chi connectivity index (χ2n) is 15.7. The number of hydrogen-bond acceptors (Lipinski definition) is 0. The van der Waals surface area contributed by atoms with Crippen molar-refractivity contribution >= 4 is 80.7 Å². The summed E-state index contributed by atoms with van der Waals surface area (Å²) in [7, 11) is 2.06. The molecular formula is C57H48Au2N2P2+2. The molecule has 2 heterocycles. The van der Waals surface area contributed by atoms with Crippen LogP contribution >= 0.6 is 15.8 Å². The Hall–Kier alpha value is -5.18. The first kappa shape index (κ1) is 47.3. The van der Waals surface area contributed by atoms with Gasteiger partial charge in [0.05, 0.1) is 0 Å². The second kappa shape index (κ2) is 21.5. The van der Waals surface area contributed by atoms with E-state index in [1.54, 1.807) is 0 Å². The number of nitrogens with zero attached hydrogens (tertiary/aromatic N) is 2. The molecule has 10 aromatic rings. The van der Waals surface area contributed by atoms with E-state index < -0.39 is 15.8 Å². The molecule has 0 bridgehead atoms. The molecule has 0 aliphatic heterocycles. The quantitative estimate of drug-likeness (QED) is 0.0680. The van der Waals surface area contributed by atoms with Gasteiger partial charge in [-0.3, -0.25) is 11.8 Å². The van der Waals surface area contributed by atoms with Gasteiger partial charge in [-0.05, 0) is 60.7 Å². The molecule has 0 saturated heterocycles. The summed E-state index contributed by atoms with van der Waals surface area (Å²) in [5.74, 6) is 4.85. The van der Waals surface area contributed by atoms with Crippen molar-refractivity contribution in [2.45, 2.75) is 18.7 Å². The van der Waals surface area contributed by atoms with Crippen LogP contribution in [0.5, 0.6) is 0 Å². The maximum Gasteiger partial charge on any atom is 1.00 e. The maximum atomic E-state index is 7.16. The number of aryl methyl sites for hydroxylation is 2. The molecule has 10 rings (SSSR count). The summed E-state index contributed by atoms with van der Waals surface area (Å²) in [5.41, 5.74) is 6.38. The van der Waals surface area contributed by atoms with Crippen molar-refractivity contribution in [3.63, 3.8) is 0 Å². The summed E-state index contributed by atoms with van der Waals surface area (Å²) in [6, 6.07) is 73.4. The number of para-hydroxylation sites is 2. The molecule has 0 radical (unpaired) electrons. The minimum absolute atomic E-state index is 0. The summed E-state index contributed by atoms with van der Waals surface area (Å²) in [6.45, 7) is 5.02. The van der Waals surface area contributed by atoms with E-state index in [1.165, 1.54) is 53.8 Å². The fraction of sp³-hybridized carbons (Fsp3) is 0.0877. The molecule has 8 aromatic carbocycles. The van der Waals surface area contributed by atoms with Crippen molar-refractivity contribution in [2.24, 2.45) is 14.1 Å². The summed E-state index contributed by atoms with van der Waals surface area (Å²) in [5, 5.41) is 10.9. The number of benzene rings is 8. The van der Waals surface area contributed by atoms with Gasteiger partial charge in [-0.15, -0.1) is 35.4 Å². The van der Waals surface area contributed by atoms with E-state index in [9.17, 15) is 0 Å². The summed E-state index contributed by atoms with van der Waals surface area (Å²) >= 11 is 0. The first-order valence-corrected chi connectivity index (χ1v) is 23.6. The number of fused-ring (bicyclic) bond motifs is 6. The van der Waals surface area contributed by atoms with Crippen molar-refractivity contribution in [1.29, 1.82) is 0 Å². The summed E-state index contributed by atoms with van der Waals surface area (Å²) < 4.78 is 4.32. The number of hydrogen-bond donors (Lipinski definition) is 0. The predicted molar refractivity (Wildman–Crippen MR) is 268 cm³/mol. The van der Waals surface area contributed by atoms with Crippen LogP contribution in [0.15, 0.2) is 206 Å². The van der Waals surface area contributed by atoms with Crippen LogP contribution in [0.4, 0.5) is 0 Å². The maximum absolute atomic E-state index is 7.16. The standard InChI is InChI=1S/C27H26P2.2C15H10N.2Au/c1-27(2,28(23-15-7-3-8-16-23)24-17-9-4-10-18-24)29(25-19-11-5-12-20-25)26-21-13-6-14-22-26;2*1-3-11-8-9-13-12-6-4-5-7-14(12)16(2)15(13)10-11;;/h3-22H,1-2H3;2*4-10H,2H3;;/q;2*-1;2*+1/p+2. The third-order valence-corrected chi connectivity index (χ3v) is 19.3. The van der Waals surface area contributed by atoms with Gasteiger partial charge < -0.3 is 22.0 Å². The Kier molecular flexibility index (Phi) is 16.1. The molecule has 0 saturated carbocycles. The molecular weight excluding hydrogens is 1170 g/mol. The van der Waals surface area contributed by atoms with E-state index in [0.717, 1.165) is 22.2 Å². The zero-order chi connectivity index (χ0) is 42.3. The van der Waals surface area contributed by atoms with Gasteiger partial charge in [0.2, 0.25) is 0 Å². The fourth-order valence-corrected chi connectivity index (χ4v) is 17.2. The Labute approximate surface area is 406 Å². The van der Waals surface area contributed by atoms with E-state index in [4.69, 9.17) is 12.8 Å². The number of rotatable bonds is 6. The van der Waals surface area contributed by atoms with Crippen molar-refractivity contribution < 1.29 is 44.8 Å². The molecule has 63 heavy (non-hydrogen) atoms. The zero-order valence-corrected chi connectivity index (χ0v) is 42.0. The average molecular weight is 1220 g/mol. The summed E-state index contributed by atoms with van der Waals surface area (Å²) in [6.07, 6.45) is 14.3. The molecule has 0 atom stereocenters. The number of aromatic nitrogens is 2. The third kappa shape index (κ3) is 9.98. The Morgan fingerprint density at radius 1 is 0.365 bits per heavy atom. The molecule has 0 N–H and O–H groups in total. The molecule has 2 aromatic heterocycles. The van der Waals surface area contributed by atoms with E-state index in [2.05, 4.69) is 219 Å². The van der Waals surface area contributed by atoms with Crippen LogP contribution < -0.4 is 21.2 Å². The van der Waals surface area contributed by atoms with Crippen LogP contribution in [-0.2, 0) is 58.9 Å². The Morgan fingerprint density at radius 2 is 0.635 bits per heavy atom. The molecule has 6 heteroatoms. The minimum atomic E-state index is -1.02. The molecule has 0 unspecified atom stereocenters. The Bertz CT molecular complexity index is 2870. The first-order chi connectivity index (χ1) is 29.8. The van der Waals surface area contributed by atoms with Crippen LogP contribution in [0, 0.1) is 24.7 Å². The van der Waals surface area contributed by atoms with Crippen LogP contribution in [0.2, 0.25) is 0 Å². The van der Waals surface area contributed by atoms with E-state index in [-0.39, 0.29) is 49.7 Å². The normalized spacial score (nSPS) is 10.9. The topological polar surface area (TPSA) is 9.86 Å². The van der Waals surface area contributed by atoms with Gasteiger partial charge in [0.1, 0.15) is 37.1 Å². The molecule has 0 spiro atoms.